The number of halogens is 4. The second kappa shape index (κ2) is 3.94. The lowest BCUT2D eigenvalue weighted by Gasteiger charge is -2.04. The van der Waals surface area contributed by atoms with Crippen LogP contribution in [0, 0.1) is 28.6 Å². The quantitative estimate of drug-likeness (QED) is 0.769. The Kier molecular flexibility index (Phi) is 3.28. The molecule has 0 radical (unpaired) electrons. The summed E-state index contributed by atoms with van der Waals surface area (Å²) in [6.07, 6.45) is -4.94. The van der Waals surface area contributed by atoms with Gasteiger partial charge in [-0.15, -0.1) is 0 Å². The van der Waals surface area contributed by atoms with E-state index >= 15 is 0 Å². The van der Waals surface area contributed by atoms with Crippen molar-refractivity contribution >= 4 is 11.6 Å². The van der Waals surface area contributed by atoms with Crippen molar-refractivity contribution in [2.24, 2.45) is 17.3 Å². The molecule has 16 heavy (non-hydrogen) atoms. The fourth-order valence-electron chi connectivity index (χ4n) is 1.97. The van der Waals surface area contributed by atoms with Gasteiger partial charge in [-0.05, 0) is 11.3 Å². The lowest BCUT2D eigenvalue weighted by Crippen LogP contribution is -2.10. The number of alkyl halides is 3. The van der Waals surface area contributed by atoms with Gasteiger partial charge in [0.25, 0.3) is 0 Å². The molecule has 3 atom stereocenters. The molecular formula is C10H11ClF3NO. The van der Waals surface area contributed by atoms with Gasteiger partial charge in [0.15, 0.2) is 0 Å². The van der Waals surface area contributed by atoms with Crippen molar-refractivity contribution in [1.29, 1.82) is 5.26 Å². The van der Waals surface area contributed by atoms with Crippen LogP contribution in [0.5, 0.6) is 0 Å². The average Bonchev–Trinajstić information content (AvgIpc) is 2.65. The van der Waals surface area contributed by atoms with Crippen molar-refractivity contribution < 1.29 is 18.3 Å². The second-order valence-corrected chi connectivity index (χ2v) is 4.87. The second-order valence-electron chi connectivity index (χ2n) is 4.46. The Morgan fingerprint density at radius 1 is 1.56 bits per heavy atom. The molecule has 1 saturated carbocycles. The molecule has 1 aliphatic rings. The average molecular weight is 254 g/mol. The van der Waals surface area contributed by atoms with E-state index in [9.17, 15) is 18.3 Å². The summed E-state index contributed by atoms with van der Waals surface area (Å²) in [6, 6.07) is 1.63. The van der Waals surface area contributed by atoms with Gasteiger partial charge < -0.3 is 5.11 Å². The number of hydrogen-bond donors (Lipinski definition) is 1. The number of nitrogens with zero attached hydrogens (tertiary/aromatic N) is 1. The number of aliphatic hydroxyl groups is 1. The number of rotatable bonds is 2. The molecule has 0 saturated heterocycles. The third kappa shape index (κ3) is 2.33. The van der Waals surface area contributed by atoms with Gasteiger partial charge >= 0.3 is 6.18 Å². The van der Waals surface area contributed by atoms with E-state index in [0.717, 1.165) is 6.08 Å². The fraction of sp³-hybridized carbons (Fsp3) is 0.700. The summed E-state index contributed by atoms with van der Waals surface area (Å²) in [5, 5.41) is 16.6. The molecule has 0 heterocycles. The summed E-state index contributed by atoms with van der Waals surface area (Å²) >= 11 is 5.10. The van der Waals surface area contributed by atoms with Crippen molar-refractivity contribution in [2.45, 2.75) is 26.1 Å². The number of allylic oxidation sites excluding steroid dienone is 2. The summed E-state index contributed by atoms with van der Waals surface area (Å²) < 4.78 is 36.5. The number of hydrogen-bond acceptors (Lipinski definition) is 2. The van der Waals surface area contributed by atoms with Crippen LogP contribution in [-0.2, 0) is 0 Å². The minimum atomic E-state index is -4.57. The van der Waals surface area contributed by atoms with E-state index in [1.54, 1.807) is 19.9 Å². The molecule has 0 bridgehead atoms. The summed E-state index contributed by atoms with van der Waals surface area (Å²) in [6.45, 7) is 3.39. The molecular weight excluding hydrogens is 243 g/mol. The Hall–Kier alpha value is -0.730. The van der Waals surface area contributed by atoms with E-state index in [4.69, 9.17) is 16.9 Å². The zero-order chi connectivity index (χ0) is 12.7. The first-order chi connectivity index (χ1) is 7.12. The molecule has 1 N–H and O–H groups in total. The molecule has 0 aromatic carbocycles. The molecule has 0 aromatic heterocycles. The molecule has 90 valence electrons. The highest BCUT2D eigenvalue weighted by Gasteiger charge is 2.60. The summed E-state index contributed by atoms with van der Waals surface area (Å²) in [4.78, 5) is 0. The predicted molar refractivity (Wildman–Crippen MR) is 52.4 cm³/mol. The van der Waals surface area contributed by atoms with Crippen LogP contribution in [-0.4, -0.2) is 17.4 Å². The number of aliphatic hydroxyl groups excluding tert-OH is 1. The molecule has 1 aliphatic carbocycles. The standard InChI is InChI=1S/C10H11ClF3NO/c1-9(2)5(8(9)6(16)4-15)3-7(11)10(12,13)14/h3,5-6,8,16H,1-2H3. The lowest BCUT2D eigenvalue weighted by molar-refractivity contribution is -0.0848. The Balaban J connectivity index is 2.84. The zero-order valence-electron chi connectivity index (χ0n) is 8.72. The first kappa shape index (κ1) is 13.3. The van der Waals surface area contributed by atoms with Crippen molar-refractivity contribution in [3.05, 3.63) is 11.1 Å². The largest absolute Gasteiger partial charge is 0.426 e. The normalized spacial score (nSPS) is 30.8. The molecule has 0 aromatic rings. The number of nitriles is 1. The minimum Gasteiger partial charge on any atom is -0.378 e. The van der Waals surface area contributed by atoms with Gasteiger partial charge in [-0.3, -0.25) is 0 Å². The van der Waals surface area contributed by atoms with Crippen LogP contribution in [0.3, 0.4) is 0 Å². The van der Waals surface area contributed by atoms with Crippen molar-refractivity contribution in [1.82, 2.24) is 0 Å². The van der Waals surface area contributed by atoms with E-state index in [1.165, 1.54) is 0 Å². The SMILES string of the molecule is CC1(C)C(C=C(Cl)C(F)(F)F)C1C(O)C#N. The molecule has 2 nitrogen and oxygen atoms in total. The fourth-order valence-corrected chi connectivity index (χ4v) is 2.11. The highest BCUT2D eigenvalue weighted by molar-refractivity contribution is 6.30. The van der Waals surface area contributed by atoms with Gasteiger partial charge in [-0.25, -0.2) is 0 Å². The monoisotopic (exact) mass is 253 g/mol. The van der Waals surface area contributed by atoms with Crippen LogP contribution in [0.25, 0.3) is 0 Å². The van der Waals surface area contributed by atoms with E-state index in [2.05, 4.69) is 0 Å². The Bertz CT molecular complexity index is 356. The van der Waals surface area contributed by atoms with Crippen molar-refractivity contribution in [2.75, 3.05) is 0 Å². The van der Waals surface area contributed by atoms with E-state index in [1.807, 2.05) is 0 Å². The van der Waals surface area contributed by atoms with Crippen LogP contribution < -0.4 is 0 Å². The third-order valence-corrected chi connectivity index (χ3v) is 3.41. The minimum absolute atomic E-state index is 0.492. The Labute approximate surface area is 96.3 Å². The Morgan fingerprint density at radius 2 is 2.06 bits per heavy atom. The first-order valence-corrected chi connectivity index (χ1v) is 5.02. The smallest absolute Gasteiger partial charge is 0.378 e. The zero-order valence-corrected chi connectivity index (χ0v) is 9.47. The summed E-state index contributed by atoms with van der Waals surface area (Å²) in [5.74, 6) is -1.01. The van der Waals surface area contributed by atoms with Gasteiger partial charge in [0.1, 0.15) is 11.1 Å². The molecule has 0 aliphatic heterocycles. The van der Waals surface area contributed by atoms with Gasteiger partial charge in [-0.2, -0.15) is 18.4 Å². The topological polar surface area (TPSA) is 44.0 Å². The highest BCUT2D eigenvalue weighted by Crippen LogP contribution is 2.61. The molecule has 6 heteroatoms. The Morgan fingerprint density at radius 3 is 2.44 bits per heavy atom. The van der Waals surface area contributed by atoms with Gasteiger partial charge in [0, 0.05) is 5.92 Å². The van der Waals surface area contributed by atoms with Crippen molar-refractivity contribution in [3.8, 4) is 6.07 Å². The van der Waals surface area contributed by atoms with Crippen LogP contribution >= 0.6 is 11.6 Å². The van der Waals surface area contributed by atoms with Crippen LogP contribution in [0.2, 0.25) is 0 Å². The van der Waals surface area contributed by atoms with Crippen LogP contribution in [0.1, 0.15) is 13.8 Å². The van der Waals surface area contributed by atoms with Gasteiger partial charge in [0.05, 0.1) is 6.07 Å². The molecule has 1 fully saturated rings. The maximum absolute atomic E-state index is 12.2. The van der Waals surface area contributed by atoms with Crippen molar-refractivity contribution in [3.63, 3.8) is 0 Å². The first-order valence-electron chi connectivity index (χ1n) is 4.64. The summed E-state index contributed by atoms with van der Waals surface area (Å²) in [5.41, 5.74) is -0.527. The highest BCUT2D eigenvalue weighted by atomic mass is 35.5. The molecule has 0 spiro atoms. The van der Waals surface area contributed by atoms with Gasteiger partial charge in [0.2, 0.25) is 0 Å². The van der Waals surface area contributed by atoms with E-state index in [-0.39, 0.29) is 0 Å². The maximum atomic E-state index is 12.2. The lowest BCUT2D eigenvalue weighted by atomic mass is 10.1. The van der Waals surface area contributed by atoms with E-state index in [0.29, 0.717) is 0 Å². The molecule has 3 unspecified atom stereocenters. The maximum Gasteiger partial charge on any atom is 0.426 e. The predicted octanol–water partition coefficient (Wildman–Crippen LogP) is 2.83. The third-order valence-electron chi connectivity index (χ3n) is 3.07. The summed E-state index contributed by atoms with van der Waals surface area (Å²) in [7, 11) is 0. The van der Waals surface area contributed by atoms with E-state index < -0.39 is 34.6 Å². The molecule has 1 rings (SSSR count). The van der Waals surface area contributed by atoms with Gasteiger partial charge in [-0.1, -0.05) is 31.5 Å². The molecule has 0 amide bonds. The van der Waals surface area contributed by atoms with Crippen LogP contribution in [0.4, 0.5) is 13.2 Å². The van der Waals surface area contributed by atoms with Crippen LogP contribution in [0.15, 0.2) is 11.1 Å².